The number of hydrogen-bond donors (Lipinski definition) is 2. The van der Waals surface area contributed by atoms with Crippen LogP contribution in [0.1, 0.15) is 25.7 Å². The van der Waals surface area contributed by atoms with Crippen molar-refractivity contribution < 1.29 is 14.2 Å². The summed E-state index contributed by atoms with van der Waals surface area (Å²) in [5.74, 6) is 0.219. The molecule has 94 valence electrons. The number of aliphatic hydroxyl groups excluding tert-OH is 1. The minimum Gasteiger partial charge on any atom is -0.490 e. The van der Waals surface area contributed by atoms with Gasteiger partial charge in [0.1, 0.15) is 17.7 Å². The Morgan fingerprint density at radius 3 is 3.06 bits per heavy atom. The molecule has 4 heteroatoms. The van der Waals surface area contributed by atoms with Crippen LogP contribution in [-0.4, -0.2) is 23.4 Å². The third kappa shape index (κ3) is 3.17. The van der Waals surface area contributed by atoms with Gasteiger partial charge in [-0.25, -0.2) is 4.39 Å². The van der Waals surface area contributed by atoms with Gasteiger partial charge in [-0.1, -0.05) is 6.07 Å². The summed E-state index contributed by atoms with van der Waals surface area (Å²) in [6.45, 7) is -0.0317. The average Bonchev–Trinajstić information content (AvgIpc) is 2.29. The highest BCUT2D eigenvalue weighted by molar-refractivity contribution is 5.22. The summed E-state index contributed by atoms with van der Waals surface area (Å²) >= 11 is 0. The van der Waals surface area contributed by atoms with Gasteiger partial charge in [0.25, 0.3) is 0 Å². The summed E-state index contributed by atoms with van der Waals surface area (Å²) in [6, 6.07) is 6.10. The minimum atomic E-state index is -0.545. The van der Waals surface area contributed by atoms with Crippen molar-refractivity contribution in [1.82, 2.24) is 0 Å². The lowest BCUT2D eigenvalue weighted by Gasteiger charge is -2.36. The SMILES string of the molecule is NC1(CO)CCCC(Oc2cccc(F)c2)C1. The molecule has 2 rings (SSSR count). The van der Waals surface area contributed by atoms with Crippen LogP contribution < -0.4 is 10.5 Å². The maximum atomic E-state index is 13.0. The maximum Gasteiger partial charge on any atom is 0.126 e. The van der Waals surface area contributed by atoms with Crippen LogP contribution in [0, 0.1) is 5.82 Å². The predicted octanol–water partition coefficient (Wildman–Crippen LogP) is 1.84. The molecule has 3 nitrogen and oxygen atoms in total. The molecule has 2 atom stereocenters. The van der Waals surface area contributed by atoms with Gasteiger partial charge < -0.3 is 15.6 Å². The Bertz CT molecular complexity index is 385. The molecule has 0 heterocycles. The van der Waals surface area contributed by atoms with E-state index in [0.29, 0.717) is 12.2 Å². The normalized spacial score (nSPS) is 29.0. The first-order chi connectivity index (χ1) is 8.11. The van der Waals surface area contributed by atoms with Crippen molar-refractivity contribution in [3.8, 4) is 5.75 Å². The fourth-order valence-electron chi connectivity index (χ4n) is 2.32. The highest BCUT2D eigenvalue weighted by atomic mass is 19.1. The van der Waals surface area contributed by atoms with Crippen molar-refractivity contribution in [2.75, 3.05) is 6.61 Å². The van der Waals surface area contributed by atoms with E-state index in [2.05, 4.69) is 0 Å². The van der Waals surface area contributed by atoms with Gasteiger partial charge in [0, 0.05) is 18.0 Å². The van der Waals surface area contributed by atoms with Crippen LogP contribution >= 0.6 is 0 Å². The van der Waals surface area contributed by atoms with Gasteiger partial charge in [0.15, 0.2) is 0 Å². The molecule has 0 radical (unpaired) electrons. The maximum absolute atomic E-state index is 13.0. The van der Waals surface area contributed by atoms with Gasteiger partial charge in [-0.05, 0) is 31.4 Å². The second-order valence-corrected chi connectivity index (χ2v) is 4.81. The molecule has 1 saturated carbocycles. The van der Waals surface area contributed by atoms with E-state index >= 15 is 0 Å². The zero-order valence-corrected chi connectivity index (χ0v) is 9.73. The molecule has 1 fully saturated rings. The molecule has 1 aromatic carbocycles. The van der Waals surface area contributed by atoms with Crippen LogP contribution in [0.3, 0.4) is 0 Å². The Morgan fingerprint density at radius 1 is 1.53 bits per heavy atom. The van der Waals surface area contributed by atoms with Crippen LogP contribution in [0.5, 0.6) is 5.75 Å². The van der Waals surface area contributed by atoms with Crippen molar-refractivity contribution in [1.29, 1.82) is 0 Å². The van der Waals surface area contributed by atoms with E-state index in [1.165, 1.54) is 12.1 Å². The predicted molar refractivity (Wildman–Crippen MR) is 63.3 cm³/mol. The molecule has 1 aliphatic rings. The van der Waals surface area contributed by atoms with Crippen LogP contribution in [0.2, 0.25) is 0 Å². The van der Waals surface area contributed by atoms with Crippen LogP contribution in [0.15, 0.2) is 24.3 Å². The Balaban J connectivity index is 1.99. The standard InChI is InChI=1S/C13H18FNO2/c14-10-3-1-4-11(7-10)17-12-5-2-6-13(15,8-12)9-16/h1,3-4,7,12,16H,2,5-6,8-9,15H2. The zero-order valence-electron chi connectivity index (χ0n) is 9.73. The largest absolute Gasteiger partial charge is 0.490 e. The third-order valence-electron chi connectivity index (χ3n) is 3.25. The first-order valence-corrected chi connectivity index (χ1v) is 5.93. The van der Waals surface area contributed by atoms with Gasteiger partial charge in [0.2, 0.25) is 0 Å². The summed E-state index contributed by atoms with van der Waals surface area (Å²) in [6.07, 6.45) is 3.21. The molecule has 0 saturated heterocycles. The number of ether oxygens (including phenoxy) is 1. The monoisotopic (exact) mass is 239 g/mol. The molecule has 0 amide bonds. The number of rotatable bonds is 3. The van der Waals surface area contributed by atoms with Gasteiger partial charge in [-0.15, -0.1) is 0 Å². The second kappa shape index (κ2) is 5.02. The van der Waals surface area contributed by atoms with Crippen LogP contribution in [-0.2, 0) is 0 Å². The quantitative estimate of drug-likeness (QED) is 0.846. The number of hydrogen-bond acceptors (Lipinski definition) is 3. The topological polar surface area (TPSA) is 55.5 Å². The molecule has 1 aliphatic carbocycles. The van der Waals surface area contributed by atoms with Gasteiger partial charge in [-0.2, -0.15) is 0 Å². The summed E-state index contributed by atoms with van der Waals surface area (Å²) in [4.78, 5) is 0. The highest BCUT2D eigenvalue weighted by Crippen LogP contribution is 2.29. The van der Waals surface area contributed by atoms with Gasteiger partial charge >= 0.3 is 0 Å². The number of benzene rings is 1. The van der Waals surface area contributed by atoms with E-state index in [4.69, 9.17) is 10.5 Å². The lowest BCUT2D eigenvalue weighted by molar-refractivity contribution is 0.0727. The molecule has 0 aliphatic heterocycles. The van der Waals surface area contributed by atoms with E-state index in [0.717, 1.165) is 19.3 Å². The van der Waals surface area contributed by atoms with Gasteiger partial charge in [0.05, 0.1) is 6.61 Å². The molecular weight excluding hydrogens is 221 g/mol. The molecule has 3 N–H and O–H groups in total. The van der Waals surface area contributed by atoms with E-state index in [9.17, 15) is 9.50 Å². The van der Waals surface area contributed by atoms with Crippen molar-refractivity contribution in [2.45, 2.75) is 37.3 Å². The van der Waals surface area contributed by atoms with Crippen LogP contribution in [0.25, 0.3) is 0 Å². The first-order valence-electron chi connectivity index (χ1n) is 5.93. The number of nitrogens with two attached hydrogens (primary N) is 1. The number of halogens is 1. The fraction of sp³-hybridized carbons (Fsp3) is 0.538. The Hall–Kier alpha value is -1.13. The Morgan fingerprint density at radius 2 is 2.35 bits per heavy atom. The summed E-state index contributed by atoms with van der Waals surface area (Å²) in [5.41, 5.74) is 5.48. The molecule has 0 aromatic heterocycles. The molecule has 17 heavy (non-hydrogen) atoms. The van der Waals surface area contributed by atoms with Crippen molar-refractivity contribution in [2.24, 2.45) is 5.73 Å². The molecular formula is C13H18FNO2. The third-order valence-corrected chi connectivity index (χ3v) is 3.25. The fourth-order valence-corrected chi connectivity index (χ4v) is 2.32. The second-order valence-electron chi connectivity index (χ2n) is 4.81. The first kappa shape index (κ1) is 12.3. The van der Waals surface area contributed by atoms with Crippen molar-refractivity contribution >= 4 is 0 Å². The van der Waals surface area contributed by atoms with Crippen molar-refractivity contribution in [3.63, 3.8) is 0 Å². The lowest BCUT2D eigenvalue weighted by atomic mass is 9.81. The number of aliphatic hydroxyl groups is 1. The van der Waals surface area contributed by atoms with Crippen molar-refractivity contribution in [3.05, 3.63) is 30.1 Å². The molecule has 0 spiro atoms. The average molecular weight is 239 g/mol. The summed E-state index contributed by atoms with van der Waals surface area (Å²) in [7, 11) is 0. The van der Waals surface area contributed by atoms with Crippen LogP contribution in [0.4, 0.5) is 4.39 Å². The van der Waals surface area contributed by atoms with E-state index in [-0.39, 0.29) is 18.5 Å². The minimum absolute atomic E-state index is 0.0317. The molecule has 2 unspecified atom stereocenters. The Kier molecular flexibility index (Phi) is 3.64. The summed E-state index contributed by atoms with van der Waals surface area (Å²) < 4.78 is 18.7. The van der Waals surface area contributed by atoms with E-state index in [1.807, 2.05) is 0 Å². The summed E-state index contributed by atoms with van der Waals surface area (Å²) in [5, 5.41) is 9.24. The Labute approximate surface area is 100 Å². The molecule has 1 aromatic rings. The van der Waals surface area contributed by atoms with E-state index in [1.54, 1.807) is 12.1 Å². The van der Waals surface area contributed by atoms with E-state index < -0.39 is 5.54 Å². The zero-order chi connectivity index (χ0) is 12.3. The highest BCUT2D eigenvalue weighted by Gasteiger charge is 2.33. The lowest BCUT2D eigenvalue weighted by Crippen LogP contribution is -2.50. The smallest absolute Gasteiger partial charge is 0.126 e. The molecule has 0 bridgehead atoms. The van der Waals surface area contributed by atoms with Gasteiger partial charge in [-0.3, -0.25) is 0 Å².